The lowest BCUT2D eigenvalue weighted by Crippen LogP contribution is -2.23. The van der Waals surface area contributed by atoms with E-state index >= 15 is 0 Å². The molecular weight excluding hydrogens is 394 g/mol. The highest BCUT2D eigenvalue weighted by molar-refractivity contribution is 6.30. The summed E-state index contributed by atoms with van der Waals surface area (Å²) in [6.45, 7) is 1.87. The van der Waals surface area contributed by atoms with Crippen LogP contribution in [0, 0.1) is 18.6 Å². The minimum Gasteiger partial charge on any atom is -0.268 e. The summed E-state index contributed by atoms with van der Waals surface area (Å²) in [5, 5.41) is 0.957. The fourth-order valence-corrected chi connectivity index (χ4v) is 3.27. The van der Waals surface area contributed by atoms with Crippen molar-refractivity contribution in [2.24, 2.45) is 0 Å². The number of rotatable bonds is 3. The molecule has 3 nitrogen and oxygen atoms in total. The van der Waals surface area contributed by atoms with Gasteiger partial charge in [0.1, 0.15) is 5.82 Å². The number of hydrogen-bond donors (Lipinski definition) is 0. The molecule has 3 aromatic carbocycles. The highest BCUT2D eigenvalue weighted by Gasteiger charge is 2.13. The normalized spacial score (nSPS) is 11.4. The summed E-state index contributed by atoms with van der Waals surface area (Å²) in [6, 6.07) is 15.9. The van der Waals surface area contributed by atoms with Crippen molar-refractivity contribution in [1.82, 2.24) is 9.55 Å². The van der Waals surface area contributed by atoms with E-state index in [2.05, 4.69) is 4.98 Å². The van der Waals surface area contributed by atoms with Crippen molar-refractivity contribution in [2.45, 2.75) is 6.92 Å². The van der Waals surface area contributed by atoms with Crippen molar-refractivity contribution in [3.05, 3.63) is 105 Å². The first-order valence-electron chi connectivity index (χ1n) is 8.85. The van der Waals surface area contributed by atoms with Gasteiger partial charge in [-0.05, 0) is 60.5 Å². The van der Waals surface area contributed by atoms with Gasteiger partial charge >= 0.3 is 0 Å². The van der Waals surface area contributed by atoms with Gasteiger partial charge in [-0.15, -0.1) is 0 Å². The summed E-state index contributed by atoms with van der Waals surface area (Å²) in [7, 11) is 0. The van der Waals surface area contributed by atoms with Crippen LogP contribution in [-0.2, 0) is 0 Å². The van der Waals surface area contributed by atoms with E-state index in [1.807, 2.05) is 13.0 Å². The Morgan fingerprint density at radius 2 is 1.76 bits per heavy atom. The lowest BCUT2D eigenvalue weighted by atomic mass is 10.1. The fourth-order valence-electron chi connectivity index (χ4n) is 3.10. The van der Waals surface area contributed by atoms with E-state index in [-0.39, 0.29) is 5.56 Å². The van der Waals surface area contributed by atoms with Crippen molar-refractivity contribution in [3.8, 4) is 5.69 Å². The molecule has 6 heteroatoms. The van der Waals surface area contributed by atoms with Crippen LogP contribution in [-0.4, -0.2) is 9.55 Å². The Kier molecular flexibility index (Phi) is 4.99. The molecule has 29 heavy (non-hydrogen) atoms. The van der Waals surface area contributed by atoms with E-state index < -0.39 is 11.6 Å². The molecule has 0 radical (unpaired) electrons. The average molecular weight is 409 g/mol. The van der Waals surface area contributed by atoms with Crippen LogP contribution in [0.5, 0.6) is 0 Å². The lowest BCUT2D eigenvalue weighted by Gasteiger charge is -2.14. The summed E-state index contributed by atoms with van der Waals surface area (Å²) >= 11 is 6.16. The second-order valence-corrected chi connectivity index (χ2v) is 7.00. The Bertz CT molecular complexity index is 1330. The lowest BCUT2D eigenvalue weighted by molar-refractivity contribution is 0.508. The maximum atomic E-state index is 13.5. The van der Waals surface area contributed by atoms with E-state index in [0.717, 1.165) is 17.7 Å². The Morgan fingerprint density at radius 3 is 2.55 bits per heavy atom. The number of para-hydroxylation sites is 1. The summed E-state index contributed by atoms with van der Waals surface area (Å²) in [5.41, 5.74) is 2.19. The maximum absolute atomic E-state index is 13.5. The average Bonchev–Trinajstić information content (AvgIpc) is 2.71. The summed E-state index contributed by atoms with van der Waals surface area (Å²) in [5.74, 6) is -1.51. The molecule has 0 amide bonds. The van der Waals surface area contributed by atoms with Crippen molar-refractivity contribution >= 4 is 34.7 Å². The van der Waals surface area contributed by atoms with Gasteiger partial charge in [0, 0.05) is 5.02 Å². The van der Waals surface area contributed by atoms with Gasteiger partial charge in [-0.3, -0.25) is 9.36 Å². The van der Waals surface area contributed by atoms with Crippen molar-refractivity contribution in [3.63, 3.8) is 0 Å². The molecule has 4 rings (SSSR count). The fraction of sp³-hybridized carbons (Fsp3) is 0.0435. The predicted molar refractivity (Wildman–Crippen MR) is 112 cm³/mol. The molecule has 1 heterocycles. The smallest absolute Gasteiger partial charge is 0.266 e. The van der Waals surface area contributed by atoms with Crippen LogP contribution in [0.4, 0.5) is 8.78 Å². The molecule has 1 aromatic heterocycles. The zero-order chi connectivity index (χ0) is 20.5. The Balaban J connectivity index is 1.96. The molecule has 0 aliphatic rings. The molecule has 4 aromatic rings. The van der Waals surface area contributed by atoms with Crippen molar-refractivity contribution in [1.29, 1.82) is 0 Å². The molecule has 0 saturated heterocycles. The van der Waals surface area contributed by atoms with Gasteiger partial charge in [0.2, 0.25) is 0 Å². The number of hydrogen-bond acceptors (Lipinski definition) is 2. The number of nitrogens with zero attached hydrogens (tertiary/aromatic N) is 2. The Hall–Kier alpha value is -3.31. The molecule has 0 N–H and O–H groups in total. The molecule has 144 valence electrons. The molecule has 0 aliphatic heterocycles. The third kappa shape index (κ3) is 3.69. The van der Waals surface area contributed by atoms with Gasteiger partial charge in [-0.2, -0.15) is 0 Å². The quantitative estimate of drug-likeness (QED) is 0.429. The minimum absolute atomic E-state index is 0.245. The van der Waals surface area contributed by atoms with Gasteiger partial charge in [-0.1, -0.05) is 41.9 Å². The zero-order valence-corrected chi connectivity index (χ0v) is 16.1. The third-order valence-corrected chi connectivity index (χ3v) is 4.82. The van der Waals surface area contributed by atoms with Gasteiger partial charge in [0.15, 0.2) is 11.6 Å². The van der Waals surface area contributed by atoms with Crippen LogP contribution >= 0.6 is 11.6 Å². The monoisotopic (exact) mass is 408 g/mol. The highest BCUT2D eigenvalue weighted by Crippen LogP contribution is 2.22. The molecule has 0 aliphatic carbocycles. The van der Waals surface area contributed by atoms with Crippen molar-refractivity contribution in [2.75, 3.05) is 0 Å². The summed E-state index contributed by atoms with van der Waals surface area (Å²) < 4.78 is 28.2. The summed E-state index contributed by atoms with van der Waals surface area (Å²) in [4.78, 5) is 17.9. The maximum Gasteiger partial charge on any atom is 0.266 e. The van der Waals surface area contributed by atoms with Gasteiger partial charge in [-0.25, -0.2) is 13.8 Å². The largest absolute Gasteiger partial charge is 0.268 e. The molecular formula is C23H15ClF2N2O. The van der Waals surface area contributed by atoms with E-state index in [9.17, 15) is 13.6 Å². The van der Waals surface area contributed by atoms with Crippen LogP contribution in [0.15, 0.2) is 65.5 Å². The molecule has 0 unspecified atom stereocenters. The first kappa shape index (κ1) is 19.0. The Morgan fingerprint density at radius 1 is 0.966 bits per heavy atom. The van der Waals surface area contributed by atoms with Crippen LogP contribution in [0.3, 0.4) is 0 Å². The number of benzene rings is 3. The number of aryl methyl sites for hydroxylation is 1. The van der Waals surface area contributed by atoms with Gasteiger partial charge in [0.05, 0.1) is 16.6 Å². The first-order valence-corrected chi connectivity index (χ1v) is 9.23. The second-order valence-electron chi connectivity index (χ2n) is 6.57. The minimum atomic E-state index is -0.943. The van der Waals surface area contributed by atoms with Crippen LogP contribution < -0.4 is 5.56 Å². The van der Waals surface area contributed by atoms with E-state index in [4.69, 9.17) is 11.6 Å². The number of aromatic nitrogens is 2. The molecule has 0 saturated carbocycles. The van der Waals surface area contributed by atoms with Crippen LogP contribution in [0.1, 0.15) is 17.0 Å². The molecule has 0 atom stereocenters. The number of fused-ring (bicyclic) bond motifs is 1. The topological polar surface area (TPSA) is 34.9 Å². The third-order valence-electron chi connectivity index (χ3n) is 4.58. The summed E-state index contributed by atoms with van der Waals surface area (Å²) in [6.07, 6.45) is 3.18. The van der Waals surface area contributed by atoms with Gasteiger partial charge < -0.3 is 0 Å². The predicted octanol–water partition coefficient (Wildman–Crippen LogP) is 5.80. The number of halogens is 3. The molecule has 0 bridgehead atoms. The van der Waals surface area contributed by atoms with E-state index in [1.165, 1.54) is 10.6 Å². The first-order chi connectivity index (χ1) is 13.9. The van der Waals surface area contributed by atoms with Gasteiger partial charge in [0.25, 0.3) is 5.56 Å². The highest BCUT2D eigenvalue weighted by atomic mass is 35.5. The van der Waals surface area contributed by atoms with Crippen LogP contribution in [0.25, 0.3) is 28.7 Å². The molecule has 0 spiro atoms. The standard InChI is InChI=1S/C23H15ClF2N2O/c1-14-6-9-16(24)13-21(14)28-22(11-8-15-7-10-18(25)19(26)12-15)27-20-5-3-2-4-17(20)23(28)29/h2-13H,1H3/b11-8-. The zero-order valence-electron chi connectivity index (χ0n) is 15.4. The van der Waals surface area contributed by atoms with Crippen molar-refractivity contribution < 1.29 is 8.78 Å². The van der Waals surface area contributed by atoms with E-state index in [0.29, 0.717) is 33.0 Å². The van der Waals surface area contributed by atoms with E-state index in [1.54, 1.807) is 48.6 Å². The molecule has 0 fully saturated rings. The second kappa shape index (κ2) is 7.60. The Labute approximate surface area is 170 Å². The SMILES string of the molecule is Cc1ccc(Cl)cc1-n1c(/C=C\c2ccc(F)c(F)c2)nc2ccccc2c1=O. The van der Waals surface area contributed by atoms with Crippen LogP contribution in [0.2, 0.25) is 5.02 Å².